The van der Waals surface area contributed by atoms with E-state index < -0.39 is 0 Å². The summed E-state index contributed by atoms with van der Waals surface area (Å²) in [4.78, 5) is 4.33. The molecule has 20 heavy (non-hydrogen) atoms. The quantitative estimate of drug-likeness (QED) is 0.872. The Hall–Kier alpha value is -1.61. The summed E-state index contributed by atoms with van der Waals surface area (Å²) in [5.41, 5.74) is 2.74. The van der Waals surface area contributed by atoms with Crippen molar-refractivity contribution in [2.75, 3.05) is 0 Å². The van der Waals surface area contributed by atoms with Gasteiger partial charge in [0, 0.05) is 25.5 Å². The Morgan fingerprint density at radius 2 is 1.85 bits per heavy atom. The number of rotatable bonds is 6. The van der Waals surface area contributed by atoms with Gasteiger partial charge in [-0.15, -0.1) is 0 Å². The van der Waals surface area contributed by atoms with Crippen LogP contribution in [0.5, 0.6) is 0 Å². The Bertz CT molecular complexity index is 525. The first-order valence-corrected chi connectivity index (χ1v) is 7.34. The number of nitrogens with one attached hydrogen (secondary N) is 1. The fraction of sp³-hybridized carbons (Fsp3) is 0.471. The molecule has 1 aromatic heterocycles. The molecule has 0 fully saturated rings. The first-order valence-electron chi connectivity index (χ1n) is 7.34. The van der Waals surface area contributed by atoms with E-state index in [4.69, 9.17) is 0 Å². The van der Waals surface area contributed by atoms with Crippen LogP contribution >= 0.6 is 0 Å². The molecule has 0 aliphatic carbocycles. The Kier molecular flexibility index (Phi) is 4.96. The van der Waals surface area contributed by atoms with Crippen molar-refractivity contribution < 1.29 is 0 Å². The van der Waals surface area contributed by atoms with Crippen LogP contribution in [-0.2, 0) is 20.0 Å². The zero-order chi connectivity index (χ0) is 14.5. The summed E-state index contributed by atoms with van der Waals surface area (Å²) in [7, 11) is 2.02. The number of hydrogen-bond acceptors (Lipinski definition) is 2. The fourth-order valence-electron chi connectivity index (χ4n) is 2.34. The summed E-state index contributed by atoms with van der Waals surface area (Å²) in [6.07, 6.45) is 4.96. The normalized spacial score (nSPS) is 12.8. The van der Waals surface area contributed by atoms with Gasteiger partial charge in [-0.25, -0.2) is 4.98 Å². The SMILES string of the molecule is CC(C)Cc1ccc(C(C)NCc2nccn2C)cc1. The number of aryl methyl sites for hydroxylation is 1. The molecule has 3 heteroatoms. The second kappa shape index (κ2) is 6.71. The zero-order valence-corrected chi connectivity index (χ0v) is 12.9. The van der Waals surface area contributed by atoms with Crippen LogP contribution in [0.3, 0.4) is 0 Å². The smallest absolute Gasteiger partial charge is 0.122 e. The third kappa shape index (κ3) is 3.94. The van der Waals surface area contributed by atoms with Gasteiger partial charge in [-0.2, -0.15) is 0 Å². The molecule has 0 saturated heterocycles. The summed E-state index contributed by atoms with van der Waals surface area (Å²) in [6.45, 7) is 7.49. The number of aromatic nitrogens is 2. The number of imidazole rings is 1. The molecule has 2 rings (SSSR count). The van der Waals surface area contributed by atoms with E-state index in [1.54, 1.807) is 0 Å². The van der Waals surface area contributed by atoms with Crippen molar-refractivity contribution in [3.63, 3.8) is 0 Å². The van der Waals surface area contributed by atoms with Gasteiger partial charge in [-0.05, 0) is 30.4 Å². The molecule has 1 heterocycles. The average molecular weight is 271 g/mol. The van der Waals surface area contributed by atoms with E-state index in [1.807, 2.05) is 24.0 Å². The molecule has 0 aliphatic heterocycles. The molecular weight excluding hydrogens is 246 g/mol. The van der Waals surface area contributed by atoms with Gasteiger partial charge in [-0.1, -0.05) is 38.1 Å². The van der Waals surface area contributed by atoms with Crippen LogP contribution in [0.2, 0.25) is 0 Å². The van der Waals surface area contributed by atoms with Crippen molar-refractivity contribution in [2.24, 2.45) is 13.0 Å². The highest BCUT2D eigenvalue weighted by atomic mass is 15.1. The lowest BCUT2D eigenvalue weighted by Crippen LogP contribution is -2.20. The van der Waals surface area contributed by atoms with E-state index >= 15 is 0 Å². The van der Waals surface area contributed by atoms with E-state index in [1.165, 1.54) is 11.1 Å². The third-order valence-electron chi connectivity index (χ3n) is 3.61. The van der Waals surface area contributed by atoms with Crippen molar-refractivity contribution in [1.82, 2.24) is 14.9 Å². The van der Waals surface area contributed by atoms with Gasteiger partial charge in [0.15, 0.2) is 0 Å². The molecule has 0 saturated carbocycles. The fourth-order valence-corrected chi connectivity index (χ4v) is 2.34. The van der Waals surface area contributed by atoms with Crippen LogP contribution in [-0.4, -0.2) is 9.55 Å². The summed E-state index contributed by atoms with van der Waals surface area (Å²) in [6, 6.07) is 9.28. The van der Waals surface area contributed by atoms with Gasteiger partial charge in [0.2, 0.25) is 0 Å². The molecule has 0 amide bonds. The highest BCUT2D eigenvalue weighted by Gasteiger charge is 2.07. The van der Waals surface area contributed by atoms with E-state index in [2.05, 4.69) is 55.3 Å². The zero-order valence-electron chi connectivity index (χ0n) is 12.9. The standard InChI is InChI=1S/C17H25N3/c1-13(2)11-15-5-7-16(8-6-15)14(3)19-12-17-18-9-10-20(17)4/h5-10,13-14,19H,11-12H2,1-4H3. The highest BCUT2D eigenvalue weighted by molar-refractivity contribution is 5.25. The molecular formula is C17H25N3. The maximum atomic E-state index is 4.33. The summed E-state index contributed by atoms with van der Waals surface area (Å²) >= 11 is 0. The molecule has 1 atom stereocenters. The van der Waals surface area contributed by atoms with E-state index in [0.29, 0.717) is 12.0 Å². The minimum Gasteiger partial charge on any atom is -0.337 e. The van der Waals surface area contributed by atoms with Gasteiger partial charge < -0.3 is 9.88 Å². The maximum absolute atomic E-state index is 4.33. The van der Waals surface area contributed by atoms with E-state index in [-0.39, 0.29) is 0 Å². The van der Waals surface area contributed by atoms with Crippen molar-refractivity contribution in [3.05, 3.63) is 53.6 Å². The van der Waals surface area contributed by atoms with Crippen LogP contribution < -0.4 is 5.32 Å². The molecule has 0 radical (unpaired) electrons. The third-order valence-corrected chi connectivity index (χ3v) is 3.61. The first kappa shape index (κ1) is 14.8. The molecule has 1 N–H and O–H groups in total. The molecule has 2 aromatic rings. The second-order valence-corrected chi connectivity index (χ2v) is 5.90. The Labute approximate surface area is 122 Å². The predicted octanol–water partition coefficient (Wildman–Crippen LogP) is 3.47. The highest BCUT2D eigenvalue weighted by Crippen LogP contribution is 2.16. The van der Waals surface area contributed by atoms with Crippen LogP contribution in [0.1, 0.15) is 43.8 Å². The van der Waals surface area contributed by atoms with Gasteiger partial charge in [-0.3, -0.25) is 0 Å². The predicted molar refractivity (Wildman–Crippen MR) is 83.4 cm³/mol. The Morgan fingerprint density at radius 3 is 2.40 bits per heavy atom. The minimum absolute atomic E-state index is 0.333. The number of benzene rings is 1. The molecule has 108 valence electrons. The maximum Gasteiger partial charge on any atom is 0.122 e. The molecule has 1 unspecified atom stereocenters. The molecule has 0 aliphatic rings. The second-order valence-electron chi connectivity index (χ2n) is 5.90. The Balaban J connectivity index is 1.92. The van der Waals surface area contributed by atoms with Crippen LogP contribution in [0.4, 0.5) is 0 Å². The lowest BCUT2D eigenvalue weighted by atomic mass is 10.00. The lowest BCUT2D eigenvalue weighted by Gasteiger charge is -2.15. The lowest BCUT2D eigenvalue weighted by molar-refractivity contribution is 0.549. The molecule has 1 aromatic carbocycles. The van der Waals surface area contributed by atoms with Crippen LogP contribution in [0.15, 0.2) is 36.7 Å². The first-order chi connectivity index (χ1) is 9.56. The summed E-state index contributed by atoms with van der Waals surface area (Å²) in [5, 5.41) is 3.52. The molecule has 3 nitrogen and oxygen atoms in total. The van der Waals surface area contributed by atoms with E-state index in [9.17, 15) is 0 Å². The van der Waals surface area contributed by atoms with Crippen molar-refractivity contribution in [2.45, 2.75) is 39.8 Å². The van der Waals surface area contributed by atoms with Gasteiger partial charge >= 0.3 is 0 Å². The molecule has 0 bridgehead atoms. The number of hydrogen-bond donors (Lipinski definition) is 1. The Morgan fingerprint density at radius 1 is 1.15 bits per heavy atom. The van der Waals surface area contributed by atoms with Crippen LogP contribution in [0, 0.1) is 5.92 Å². The van der Waals surface area contributed by atoms with Crippen molar-refractivity contribution in [3.8, 4) is 0 Å². The number of nitrogens with zero attached hydrogens (tertiary/aromatic N) is 2. The average Bonchev–Trinajstić information content (AvgIpc) is 2.82. The summed E-state index contributed by atoms with van der Waals surface area (Å²) < 4.78 is 2.05. The summed E-state index contributed by atoms with van der Waals surface area (Å²) in [5.74, 6) is 1.77. The van der Waals surface area contributed by atoms with Gasteiger partial charge in [0.25, 0.3) is 0 Å². The largest absolute Gasteiger partial charge is 0.337 e. The van der Waals surface area contributed by atoms with Gasteiger partial charge in [0.1, 0.15) is 5.82 Å². The van der Waals surface area contributed by atoms with Crippen molar-refractivity contribution in [1.29, 1.82) is 0 Å². The van der Waals surface area contributed by atoms with Gasteiger partial charge in [0.05, 0.1) is 6.54 Å². The van der Waals surface area contributed by atoms with Crippen LogP contribution in [0.25, 0.3) is 0 Å². The molecule has 0 spiro atoms. The monoisotopic (exact) mass is 271 g/mol. The van der Waals surface area contributed by atoms with Crippen molar-refractivity contribution >= 4 is 0 Å². The minimum atomic E-state index is 0.333. The van der Waals surface area contributed by atoms with E-state index in [0.717, 1.165) is 18.8 Å². The topological polar surface area (TPSA) is 29.9 Å².